The van der Waals surface area contributed by atoms with E-state index >= 15 is 0 Å². The molecular weight excluding hydrogens is 252 g/mol. The first kappa shape index (κ1) is 13.3. The van der Waals surface area contributed by atoms with Crippen LogP contribution in [-0.2, 0) is 0 Å². The summed E-state index contributed by atoms with van der Waals surface area (Å²) in [4.78, 5) is 2.01. The average molecular weight is 268 g/mol. The van der Waals surface area contributed by atoms with Crippen molar-refractivity contribution in [2.24, 2.45) is 0 Å². The standard InChI is InChI=1S/C16H16N2S/c1-2-13-17-16(19)18(14-9-5-3-6-10-14)15-11-7-4-8-12-15/h2-12H,1,13H2,(H,17,19). The first-order chi connectivity index (χ1) is 9.33. The number of anilines is 2. The molecule has 0 unspecified atom stereocenters. The lowest BCUT2D eigenvalue weighted by Gasteiger charge is -2.25. The van der Waals surface area contributed by atoms with Gasteiger partial charge in [-0.2, -0.15) is 0 Å². The van der Waals surface area contributed by atoms with Gasteiger partial charge in [0.05, 0.1) is 0 Å². The van der Waals surface area contributed by atoms with Crippen molar-refractivity contribution in [1.82, 2.24) is 5.32 Å². The van der Waals surface area contributed by atoms with Crippen LogP contribution in [0.25, 0.3) is 0 Å². The Labute approximate surface area is 119 Å². The Balaban J connectivity index is 2.34. The van der Waals surface area contributed by atoms with E-state index in [1.54, 1.807) is 6.08 Å². The quantitative estimate of drug-likeness (QED) is 0.669. The van der Waals surface area contributed by atoms with Gasteiger partial charge in [-0.25, -0.2) is 0 Å². The van der Waals surface area contributed by atoms with Gasteiger partial charge in [-0.1, -0.05) is 42.5 Å². The maximum Gasteiger partial charge on any atom is 0.178 e. The SMILES string of the molecule is C=CCNC(=S)N(c1ccccc1)c1ccccc1. The number of nitrogens with zero attached hydrogens (tertiary/aromatic N) is 1. The monoisotopic (exact) mass is 268 g/mol. The van der Waals surface area contributed by atoms with E-state index in [0.29, 0.717) is 11.7 Å². The molecule has 0 bridgehead atoms. The predicted octanol–water partition coefficient (Wildman–Crippen LogP) is 3.89. The van der Waals surface area contributed by atoms with Gasteiger partial charge in [0.15, 0.2) is 5.11 Å². The maximum atomic E-state index is 5.47. The summed E-state index contributed by atoms with van der Waals surface area (Å²) in [6, 6.07) is 20.1. The van der Waals surface area contributed by atoms with Gasteiger partial charge in [-0.05, 0) is 36.5 Å². The van der Waals surface area contributed by atoms with Crippen molar-refractivity contribution in [3.63, 3.8) is 0 Å². The van der Waals surface area contributed by atoms with Crippen LogP contribution in [0.2, 0.25) is 0 Å². The molecule has 2 aromatic carbocycles. The molecule has 1 N–H and O–H groups in total. The van der Waals surface area contributed by atoms with Gasteiger partial charge in [0, 0.05) is 17.9 Å². The summed E-state index contributed by atoms with van der Waals surface area (Å²) in [6.07, 6.45) is 1.79. The number of thiocarbonyl (C=S) groups is 1. The summed E-state index contributed by atoms with van der Waals surface area (Å²) in [6.45, 7) is 4.34. The number of rotatable bonds is 4. The van der Waals surface area contributed by atoms with Crippen molar-refractivity contribution in [1.29, 1.82) is 0 Å². The van der Waals surface area contributed by atoms with Crippen molar-refractivity contribution in [3.05, 3.63) is 73.3 Å². The van der Waals surface area contributed by atoms with Crippen molar-refractivity contribution in [3.8, 4) is 0 Å². The first-order valence-electron chi connectivity index (χ1n) is 6.12. The Morgan fingerprint density at radius 2 is 1.47 bits per heavy atom. The minimum absolute atomic E-state index is 0.648. The first-order valence-corrected chi connectivity index (χ1v) is 6.52. The predicted molar refractivity (Wildman–Crippen MR) is 85.8 cm³/mol. The highest BCUT2D eigenvalue weighted by Gasteiger charge is 2.13. The summed E-state index contributed by atoms with van der Waals surface area (Å²) in [5, 5.41) is 3.83. The van der Waals surface area contributed by atoms with Gasteiger partial charge in [-0.3, -0.25) is 4.90 Å². The van der Waals surface area contributed by atoms with Crippen molar-refractivity contribution in [2.75, 3.05) is 11.4 Å². The minimum Gasteiger partial charge on any atom is -0.359 e. The van der Waals surface area contributed by atoms with Gasteiger partial charge in [0.25, 0.3) is 0 Å². The van der Waals surface area contributed by atoms with Crippen LogP contribution >= 0.6 is 12.2 Å². The fourth-order valence-electron chi connectivity index (χ4n) is 1.78. The van der Waals surface area contributed by atoms with Crippen LogP contribution in [0.15, 0.2) is 73.3 Å². The number of benzene rings is 2. The third kappa shape index (κ3) is 3.42. The molecule has 0 spiro atoms. The summed E-state index contributed by atoms with van der Waals surface area (Å²) < 4.78 is 0. The fourth-order valence-corrected chi connectivity index (χ4v) is 2.07. The van der Waals surface area contributed by atoms with E-state index in [0.717, 1.165) is 11.4 Å². The third-order valence-electron chi connectivity index (χ3n) is 2.63. The molecule has 2 rings (SSSR count). The second-order valence-electron chi connectivity index (χ2n) is 3.98. The van der Waals surface area contributed by atoms with Crippen LogP contribution < -0.4 is 10.2 Å². The van der Waals surface area contributed by atoms with E-state index in [1.165, 1.54) is 0 Å². The molecule has 0 aliphatic rings. The molecule has 19 heavy (non-hydrogen) atoms. The second-order valence-corrected chi connectivity index (χ2v) is 4.37. The molecule has 0 saturated carbocycles. The average Bonchev–Trinajstić information content (AvgIpc) is 2.47. The Kier molecular flexibility index (Phi) is 4.70. The highest BCUT2D eigenvalue weighted by atomic mass is 32.1. The molecule has 2 aromatic rings. The van der Waals surface area contributed by atoms with E-state index in [-0.39, 0.29) is 0 Å². The Hall–Kier alpha value is -2.13. The Bertz CT molecular complexity index is 498. The molecule has 0 heterocycles. The van der Waals surface area contributed by atoms with Crippen LogP contribution in [0.5, 0.6) is 0 Å². The Morgan fingerprint density at radius 1 is 1.00 bits per heavy atom. The Morgan fingerprint density at radius 3 is 1.89 bits per heavy atom. The van der Waals surface area contributed by atoms with E-state index in [9.17, 15) is 0 Å². The molecule has 2 nitrogen and oxygen atoms in total. The smallest absolute Gasteiger partial charge is 0.178 e. The molecule has 0 amide bonds. The van der Waals surface area contributed by atoms with Gasteiger partial charge in [0.1, 0.15) is 0 Å². The summed E-state index contributed by atoms with van der Waals surface area (Å²) >= 11 is 5.47. The van der Waals surface area contributed by atoms with Crippen molar-refractivity contribution >= 4 is 28.7 Å². The number of hydrogen-bond donors (Lipinski definition) is 1. The zero-order valence-electron chi connectivity index (χ0n) is 10.6. The molecule has 0 aromatic heterocycles. The molecule has 0 fully saturated rings. The van der Waals surface area contributed by atoms with Crippen molar-refractivity contribution in [2.45, 2.75) is 0 Å². The summed E-state index contributed by atoms with van der Waals surface area (Å²) in [5.74, 6) is 0. The molecular formula is C16H16N2S. The topological polar surface area (TPSA) is 15.3 Å². The molecule has 3 heteroatoms. The molecule has 0 radical (unpaired) electrons. The van der Waals surface area contributed by atoms with Crippen LogP contribution in [0.1, 0.15) is 0 Å². The number of hydrogen-bond acceptors (Lipinski definition) is 1. The molecule has 0 aliphatic carbocycles. The van der Waals surface area contributed by atoms with Crippen LogP contribution in [0, 0.1) is 0 Å². The second kappa shape index (κ2) is 6.71. The van der Waals surface area contributed by atoms with Crippen LogP contribution in [0.3, 0.4) is 0 Å². The van der Waals surface area contributed by atoms with Gasteiger partial charge in [0.2, 0.25) is 0 Å². The zero-order valence-corrected chi connectivity index (χ0v) is 11.4. The van der Waals surface area contributed by atoms with Gasteiger partial charge < -0.3 is 5.32 Å². The lowest BCUT2D eigenvalue weighted by molar-refractivity contribution is 1.04. The van der Waals surface area contributed by atoms with E-state index in [2.05, 4.69) is 11.9 Å². The highest BCUT2D eigenvalue weighted by Crippen LogP contribution is 2.24. The van der Waals surface area contributed by atoms with E-state index in [1.807, 2.05) is 65.6 Å². The summed E-state index contributed by atoms with van der Waals surface area (Å²) in [7, 11) is 0. The molecule has 0 aliphatic heterocycles. The number of nitrogens with one attached hydrogen (secondary N) is 1. The minimum atomic E-state index is 0.648. The van der Waals surface area contributed by atoms with Crippen molar-refractivity contribution < 1.29 is 0 Å². The third-order valence-corrected chi connectivity index (χ3v) is 2.96. The van der Waals surface area contributed by atoms with Crippen LogP contribution in [-0.4, -0.2) is 11.7 Å². The number of para-hydroxylation sites is 2. The zero-order chi connectivity index (χ0) is 13.5. The highest BCUT2D eigenvalue weighted by molar-refractivity contribution is 7.80. The fraction of sp³-hybridized carbons (Fsp3) is 0.0625. The maximum absolute atomic E-state index is 5.47. The molecule has 0 atom stereocenters. The van der Waals surface area contributed by atoms with Crippen LogP contribution in [0.4, 0.5) is 11.4 Å². The van der Waals surface area contributed by atoms with E-state index in [4.69, 9.17) is 12.2 Å². The lowest BCUT2D eigenvalue weighted by Crippen LogP contribution is -2.36. The van der Waals surface area contributed by atoms with Gasteiger partial charge >= 0.3 is 0 Å². The summed E-state index contributed by atoms with van der Waals surface area (Å²) in [5.41, 5.74) is 2.07. The normalized spacial score (nSPS) is 9.68. The lowest BCUT2D eigenvalue weighted by atomic mass is 10.2. The molecule has 0 saturated heterocycles. The van der Waals surface area contributed by atoms with E-state index < -0.39 is 0 Å². The van der Waals surface area contributed by atoms with Gasteiger partial charge in [-0.15, -0.1) is 6.58 Å². The molecule has 96 valence electrons. The largest absolute Gasteiger partial charge is 0.359 e.